The summed E-state index contributed by atoms with van der Waals surface area (Å²) >= 11 is 0. The van der Waals surface area contributed by atoms with Gasteiger partial charge in [0, 0.05) is 30.2 Å². The van der Waals surface area contributed by atoms with Gasteiger partial charge in [0.2, 0.25) is 0 Å². The number of aromatic hydroxyl groups is 1. The molecule has 2 N–H and O–H groups in total. The smallest absolute Gasteiger partial charge is 0.259 e. The maximum Gasteiger partial charge on any atom is 0.259 e. The number of phenolic OH excluding ortho intramolecular Hbond substituents is 1. The zero-order valence-electron chi connectivity index (χ0n) is 14.7. The van der Waals surface area contributed by atoms with Crippen molar-refractivity contribution in [2.75, 3.05) is 6.61 Å². The number of nitrogens with zero attached hydrogens (tertiary/aromatic N) is 1. The molecule has 2 aromatic rings. The monoisotopic (exact) mass is 350 g/mol. The summed E-state index contributed by atoms with van der Waals surface area (Å²) in [5.41, 5.74) is 1.75. The fraction of sp³-hybridized carbons (Fsp3) is 0.190. The van der Waals surface area contributed by atoms with Crippen molar-refractivity contribution in [1.29, 1.82) is 0 Å². The molecular weight excluding hydrogens is 328 g/mol. The average molecular weight is 350 g/mol. The Kier molecular flexibility index (Phi) is 5.59. The number of nitrogens with one attached hydrogen (secondary N) is 1. The molecule has 1 aliphatic carbocycles. The molecule has 0 saturated heterocycles. The summed E-state index contributed by atoms with van der Waals surface area (Å²) in [7, 11) is 0. The molecule has 0 unspecified atom stereocenters. The lowest BCUT2D eigenvalue weighted by Crippen LogP contribution is -2.23. The van der Waals surface area contributed by atoms with Crippen molar-refractivity contribution in [2.45, 2.75) is 19.8 Å². The van der Waals surface area contributed by atoms with Gasteiger partial charge in [0.1, 0.15) is 11.5 Å². The molecule has 1 heterocycles. The summed E-state index contributed by atoms with van der Waals surface area (Å²) in [6.07, 6.45) is 12.8. The zero-order valence-corrected chi connectivity index (χ0v) is 14.7. The second kappa shape index (κ2) is 8.25. The second-order valence-corrected chi connectivity index (χ2v) is 5.97. The van der Waals surface area contributed by atoms with Crippen molar-refractivity contribution in [1.82, 2.24) is 9.88 Å². The van der Waals surface area contributed by atoms with E-state index in [1.165, 1.54) is 6.07 Å². The Morgan fingerprint density at radius 3 is 2.88 bits per heavy atom. The van der Waals surface area contributed by atoms with Gasteiger partial charge >= 0.3 is 0 Å². The standard InChI is InChI=1S/C21H22N2O3/c1-2-13-26-18-8-4-3-7-16(14-18)22-21(25)19-15-17(9-10-20(19)24)23-11-5-6-12-23/h3-6,8-12,14-15,24H,2,7,13H2,1H3,(H,22,25). The highest BCUT2D eigenvalue weighted by Gasteiger charge is 2.14. The third-order valence-corrected chi connectivity index (χ3v) is 3.93. The quantitative estimate of drug-likeness (QED) is 0.825. The third kappa shape index (κ3) is 4.25. The molecule has 1 aromatic heterocycles. The van der Waals surface area contributed by atoms with Crippen LogP contribution in [-0.4, -0.2) is 22.2 Å². The number of carbonyl (C=O) groups is 1. The summed E-state index contributed by atoms with van der Waals surface area (Å²) in [6, 6.07) is 8.77. The molecule has 1 aliphatic rings. The molecule has 3 rings (SSSR count). The van der Waals surface area contributed by atoms with Crippen LogP contribution in [0.15, 0.2) is 78.5 Å². The van der Waals surface area contributed by atoms with Crippen LogP contribution in [0.4, 0.5) is 0 Å². The van der Waals surface area contributed by atoms with E-state index >= 15 is 0 Å². The summed E-state index contributed by atoms with van der Waals surface area (Å²) in [4.78, 5) is 12.7. The number of hydrogen-bond acceptors (Lipinski definition) is 3. The summed E-state index contributed by atoms with van der Waals surface area (Å²) in [6.45, 7) is 2.66. The summed E-state index contributed by atoms with van der Waals surface area (Å²) < 4.78 is 7.53. The molecule has 0 aliphatic heterocycles. The lowest BCUT2D eigenvalue weighted by molar-refractivity contribution is 0.0962. The predicted molar refractivity (Wildman–Crippen MR) is 101 cm³/mol. The molecule has 1 aromatic carbocycles. The fourth-order valence-corrected chi connectivity index (χ4v) is 2.62. The lowest BCUT2D eigenvalue weighted by atomic mass is 10.1. The highest BCUT2D eigenvalue weighted by Crippen LogP contribution is 2.22. The average Bonchev–Trinajstić information content (AvgIpc) is 3.08. The summed E-state index contributed by atoms with van der Waals surface area (Å²) in [5.74, 6) is 0.301. The minimum atomic E-state index is -0.354. The van der Waals surface area contributed by atoms with Crippen LogP contribution in [0.1, 0.15) is 30.1 Å². The molecule has 26 heavy (non-hydrogen) atoms. The van der Waals surface area contributed by atoms with Crippen molar-refractivity contribution < 1.29 is 14.6 Å². The molecule has 134 valence electrons. The first-order valence-corrected chi connectivity index (χ1v) is 8.65. The number of benzene rings is 1. The third-order valence-electron chi connectivity index (χ3n) is 3.93. The first kappa shape index (κ1) is 17.6. The highest BCUT2D eigenvalue weighted by atomic mass is 16.5. The maximum absolute atomic E-state index is 12.7. The Bertz CT molecular complexity index is 861. The number of rotatable bonds is 6. The number of hydrogen-bond donors (Lipinski definition) is 2. The number of phenols is 1. The van der Waals surface area contributed by atoms with Crippen LogP contribution in [0.25, 0.3) is 5.69 Å². The van der Waals surface area contributed by atoms with Gasteiger partial charge in [-0.15, -0.1) is 0 Å². The van der Waals surface area contributed by atoms with E-state index in [0.717, 1.165) is 17.8 Å². The van der Waals surface area contributed by atoms with Gasteiger partial charge in [-0.1, -0.05) is 19.1 Å². The van der Waals surface area contributed by atoms with Crippen LogP contribution in [0.3, 0.4) is 0 Å². The van der Waals surface area contributed by atoms with Crippen LogP contribution in [0.2, 0.25) is 0 Å². The van der Waals surface area contributed by atoms with E-state index in [2.05, 4.69) is 5.32 Å². The van der Waals surface area contributed by atoms with Crippen LogP contribution >= 0.6 is 0 Å². The molecule has 0 radical (unpaired) electrons. The fourth-order valence-electron chi connectivity index (χ4n) is 2.62. The first-order chi connectivity index (χ1) is 12.7. The van der Waals surface area contributed by atoms with Crippen molar-refractivity contribution in [3.8, 4) is 11.4 Å². The largest absolute Gasteiger partial charge is 0.507 e. The number of ether oxygens (including phenoxy) is 1. The molecule has 0 fully saturated rings. The SMILES string of the molecule is CCCOC1=CC=CCC(NC(=O)c2cc(-n3cccc3)ccc2O)=C1. The molecule has 0 saturated carbocycles. The topological polar surface area (TPSA) is 63.5 Å². The van der Waals surface area contributed by atoms with Crippen molar-refractivity contribution >= 4 is 5.91 Å². The molecular formula is C21H22N2O3. The van der Waals surface area contributed by atoms with Crippen molar-refractivity contribution in [2.24, 2.45) is 0 Å². The zero-order chi connectivity index (χ0) is 18.4. The van der Waals surface area contributed by atoms with E-state index in [1.54, 1.807) is 12.1 Å². The lowest BCUT2D eigenvalue weighted by Gasteiger charge is -2.12. The van der Waals surface area contributed by atoms with Gasteiger partial charge in [0.25, 0.3) is 5.91 Å². The van der Waals surface area contributed by atoms with Crippen LogP contribution in [0.5, 0.6) is 5.75 Å². The van der Waals surface area contributed by atoms with E-state index in [4.69, 9.17) is 4.74 Å². The molecule has 0 atom stereocenters. The van der Waals surface area contributed by atoms with Gasteiger partial charge < -0.3 is 19.7 Å². The molecule has 0 spiro atoms. The number of carbonyl (C=O) groups excluding carboxylic acids is 1. The number of aromatic nitrogens is 1. The van der Waals surface area contributed by atoms with Crippen molar-refractivity contribution in [3.63, 3.8) is 0 Å². The van der Waals surface area contributed by atoms with Gasteiger partial charge in [0.15, 0.2) is 0 Å². The minimum absolute atomic E-state index is 0.0545. The van der Waals surface area contributed by atoms with Crippen LogP contribution in [-0.2, 0) is 4.74 Å². The highest BCUT2D eigenvalue weighted by molar-refractivity contribution is 5.98. The van der Waals surface area contributed by atoms with Crippen molar-refractivity contribution in [3.05, 3.63) is 84.0 Å². The van der Waals surface area contributed by atoms with E-state index < -0.39 is 0 Å². The Morgan fingerprint density at radius 2 is 2.12 bits per heavy atom. The molecule has 5 nitrogen and oxygen atoms in total. The molecule has 0 bridgehead atoms. The van der Waals surface area contributed by atoms with Crippen LogP contribution in [0, 0.1) is 0 Å². The second-order valence-electron chi connectivity index (χ2n) is 5.97. The number of allylic oxidation sites excluding steroid dienone is 4. The van der Waals surface area contributed by atoms with E-state index in [9.17, 15) is 9.90 Å². The van der Waals surface area contributed by atoms with E-state index in [0.29, 0.717) is 18.8 Å². The summed E-state index contributed by atoms with van der Waals surface area (Å²) in [5, 5.41) is 13.0. The Hall–Kier alpha value is -3.21. The van der Waals surface area contributed by atoms with E-state index in [-0.39, 0.29) is 17.2 Å². The molecule has 1 amide bonds. The Morgan fingerprint density at radius 1 is 1.31 bits per heavy atom. The van der Waals surface area contributed by atoms with Gasteiger partial charge in [-0.2, -0.15) is 0 Å². The first-order valence-electron chi connectivity index (χ1n) is 8.65. The minimum Gasteiger partial charge on any atom is -0.507 e. The Labute approximate surface area is 152 Å². The number of amides is 1. The van der Waals surface area contributed by atoms with Gasteiger partial charge in [-0.3, -0.25) is 4.79 Å². The van der Waals surface area contributed by atoms with Crippen LogP contribution < -0.4 is 5.32 Å². The molecule has 5 heteroatoms. The van der Waals surface area contributed by atoms with E-state index in [1.807, 2.05) is 60.3 Å². The van der Waals surface area contributed by atoms with Gasteiger partial charge in [-0.25, -0.2) is 0 Å². The maximum atomic E-state index is 12.7. The van der Waals surface area contributed by atoms with Gasteiger partial charge in [0.05, 0.1) is 12.2 Å². The Balaban J connectivity index is 1.79. The normalized spacial score (nSPS) is 13.6. The predicted octanol–water partition coefficient (Wildman–Crippen LogP) is 4.07. The van der Waals surface area contributed by atoms with Gasteiger partial charge in [-0.05, 0) is 48.9 Å².